The van der Waals surface area contributed by atoms with Crippen LogP contribution in [0.4, 0.5) is 5.00 Å². The van der Waals surface area contributed by atoms with Crippen molar-refractivity contribution in [2.75, 3.05) is 57.7 Å². The summed E-state index contributed by atoms with van der Waals surface area (Å²) in [6.45, 7) is 9.95. The second kappa shape index (κ2) is 9.89. The molecule has 9 heteroatoms. The number of aryl methyl sites for hydroxylation is 1. The highest BCUT2D eigenvalue weighted by molar-refractivity contribution is 7.17. The minimum absolute atomic E-state index is 0.117. The smallest absolute Gasteiger partial charge is 0.251 e. The molecule has 176 valence electrons. The van der Waals surface area contributed by atoms with Crippen LogP contribution in [0.2, 0.25) is 0 Å². The molecule has 3 aliphatic rings. The van der Waals surface area contributed by atoms with Crippen LogP contribution in [0.1, 0.15) is 47.5 Å². The quantitative estimate of drug-likeness (QED) is 0.667. The van der Waals surface area contributed by atoms with Gasteiger partial charge in [0, 0.05) is 44.1 Å². The molecule has 1 aromatic heterocycles. The number of anilines is 1. The molecule has 32 heavy (non-hydrogen) atoms. The highest BCUT2D eigenvalue weighted by Gasteiger charge is 2.29. The first-order valence-corrected chi connectivity index (χ1v) is 12.6. The largest absolute Gasteiger partial charge is 0.365 e. The summed E-state index contributed by atoms with van der Waals surface area (Å²) in [7, 11) is 0. The van der Waals surface area contributed by atoms with Gasteiger partial charge in [-0.05, 0) is 43.1 Å². The molecule has 1 aliphatic carbocycles. The number of likely N-dealkylation sites (tertiary alicyclic amines) is 1. The summed E-state index contributed by atoms with van der Waals surface area (Å²) in [5.74, 6) is 0.776. The monoisotopic (exact) mass is 461 g/mol. The van der Waals surface area contributed by atoms with E-state index in [1.54, 1.807) is 0 Å². The average molecular weight is 462 g/mol. The molecule has 0 spiro atoms. The highest BCUT2D eigenvalue weighted by atomic mass is 32.1. The molecule has 2 atom stereocenters. The number of amides is 3. The summed E-state index contributed by atoms with van der Waals surface area (Å²) < 4.78 is 0. The minimum Gasteiger partial charge on any atom is -0.365 e. The van der Waals surface area contributed by atoms with Gasteiger partial charge in [-0.3, -0.25) is 24.2 Å². The van der Waals surface area contributed by atoms with Crippen molar-refractivity contribution >= 4 is 34.1 Å². The van der Waals surface area contributed by atoms with Crippen molar-refractivity contribution in [1.29, 1.82) is 0 Å². The molecule has 2 aliphatic heterocycles. The van der Waals surface area contributed by atoms with E-state index in [-0.39, 0.29) is 18.4 Å². The van der Waals surface area contributed by atoms with Gasteiger partial charge in [0.05, 0.1) is 18.7 Å². The lowest BCUT2D eigenvalue weighted by Gasteiger charge is -2.38. The predicted molar refractivity (Wildman–Crippen MR) is 126 cm³/mol. The van der Waals surface area contributed by atoms with Crippen molar-refractivity contribution < 1.29 is 14.4 Å². The Morgan fingerprint density at radius 2 is 1.62 bits per heavy atom. The van der Waals surface area contributed by atoms with E-state index in [1.165, 1.54) is 22.6 Å². The number of thiophene rings is 1. The van der Waals surface area contributed by atoms with Crippen LogP contribution in [0.3, 0.4) is 0 Å². The number of nitrogens with zero attached hydrogens (tertiary/aromatic N) is 3. The summed E-state index contributed by atoms with van der Waals surface area (Å²) in [4.78, 5) is 44.8. The summed E-state index contributed by atoms with van der Waals surface area (Å²) in [5, 5.41) is 3.52. The Balaban J connectivity index is 1.24. The number of carbonyl (C=O) groups excluding carboxylic acids is 3. The number of hydrogen-bond donors (Lipinski definition) is 2. The Morgan fingerprint density at radius 1 is 1.00 bits per heavy atom. The van der Waals surface area contributed by atoms with Crippen LogP contribution in [-0.2, 0) is 22.4 Å². The zero-order chi connectivity index (χ0) is 22.8. The van der Waals surface area contributed by atoms with Gasteiger partial charge in [0.25, 0.3) is 5.91 Å². The van der Waals surface area contributed by atoms with Crippen LogP contribution in [0, 0.1) is 11.8 Å². The molecule has 2 fully saturated rings. The lowest BCUT2D eigenvalue weighted by Crippen LogP contribution is -2.52. The Labute approximate surface area is 194 Å². The summed E-state index contributed by atoms with van der Waals surface area (Å²) >= 11 is 1.49. The molecule has 0 radical (unpaired) electrons. The first-order chi connectivity index (χ1) is 15.3. The zero-order valence-corrected chi connectivity index (χ0v) is 20.0. The summed E-state index contributed by atoms with van der Waals surface area (Å²) in [6, 6.07) is 0. The van der Waals surface area contributed by atoms with Gasteiger partial charge in [0.2, 0.25) is 11.8 Å². The van der Waals surface area contributed by atoms with E-state index in [0.29, 0.717) is 28.9 Å². The SMILES string of the molecule is C[C@H]1C[C@H](C)CN(C(=O)CN2CCN(CC(=O)Nc3sc4c(c3C(N)=O)CCC4)CC2)C1. The van der Waals surface area contributed by atoms with E-state index in [0.717, 1.165) is 64.1 Å². The Bertz CT molecular complexity index is 867. The van der Waals surface area contributed by atoms with E-state index in [1.807, 2.05) is 4.90 Å². The number of nitrogens with two attached hydrogens (primary N) is 1. The van der Waals surface area contributed by atoms with Gasteiger partial charge in [0.15, 0.2) is 0 Å². The molecule has 0 bridgehead atoms. The third-order valence-electron chi connectivity index (χ3n) is 6.83. The van der Waals surface area contributed by atoms with Gasteiger partial charge in [-0.1, -0.05) is 13.8 Å². The van der Waals surface area contributed by atoms with Crippen LogP contribution in [-0.4, -0.2) is 84.8 Å². The van der Waals surface area contributed by atoms with Crippen molar-refractivity contribution in [2.45, 2.75) is 39.5 Å². The average Bonchev–Trinajstić information content (AvgIpc) is 3.29. The number of hydrogen-bond acceptors (Lipinski definition) is 6. The van der Waals surface area contributed by atoms with Gasteiger partial charge < -0.3 is 16.0 Å². The molecule has 0 unspecified atom stereocenters. The first-order valence-electron chi connectivity index (χ1n) is 11.8. The maximum absolute atomic E-state index is 12.7. The lowest BCUT2D eigenvalue weighted by atomic mass is 9.92. The van der Waals surface area contributed by atoms with Gasteiger partial charge in [-0.15, -0.1) is 11.3 Å². The lowest BCUT2D eigenvalue weighted by molar-refractivity contribution is -0.135. The second-order valence-corrected chi connectivity index (χ2v) is 10.9. The van der Waals surface area contributed by atoms with E-state index >= 15 is 0 Å². The highest BCUT2D eigenvalue weighted by Crippen LogP contribution is 2.38. The zero-order valence-electron chi connectivity index (χ0n) is 19.2. The standard InChI is InChI=1S/C23H35N5O3S/c1-15-10-16(2)12-28(11-15)20(30)14-27-8-6-26(7-9-27)13-19(29)25-23-21(22(24)31)17-4-3-5-18(17)32-23/h15-16H,3-14H2,1-2H3,(H2,24,31)(H,25,29)/t15-,16-/m0/s1. The molecule has 0 aromatic carbocycles. The number of primary amides is 1. The van der Waals surface area contributed by atoms with Crippen LogP contribution >= 0.6 is 11.3 Å². The number of rotatable bonds is 6. The number of carbonyl (C=O) groups is 3. The maximum Gasteiger partial charge on any atom is 0.251 e. The minimum atomic E-state index is -0.463. The van der Waals surface area contributed by atoms with Gasteiger partial charge in [0.1, 0.15) is 5.00 Å². The van der Waals surface area contributed by atoms with Crippen LogP contribution in [0.5, 0.6) is 0 Å². The maximum atomic E-state index is 12.7. The number of piperidine rings is 1. The molecule has 3 amide bonds. The van der Waals surface area contributed by atoms with E-state index in [4.69, 9.17) is 5.73 Å². The van der Waals surface area contributed by atoms with Crippen molar-refractivity contribution in [3.63, 3.8) is 0 Å². The number of fused-ring (bicyclic) bond motifs is 1. The third kappa shape index (κ3) is 5.32. The number of nitrogens with one attached hydrogen (secondary N) is 1. The molecule has 1 aromatic rings. The van der Waals surface area contributed by atoms with Gasteiger partial charge >= 0.3 is 0 Å². The first kappa shape index (κ1) is 23.2. The molecule has 2 saturated heterocycles. The van der Waals surface area contributed by atoms with Gasteiger partial charge in [-0.25, -0.2) is 0 Å². The fraction of sp³-hybridized carbons (Fsp3) is 0.696. The topological polar surface area (TPSA) is 99.0 Å². The van der Waals surface area contributed by atoms with Crippen molar-refractivity contribution in [3.8, 4) is 0 Å². The molecule has 0 saturated carbocycles. The molecule has 3 N–H and O–H groups in total. The molecule has 8 nitrogen and oxygen atoms in total. The summed E-state index contributed by atoms with van der Waals surface area (Å²) in [5.41, 5.74) is 7.11. The Morgan fingerprint density at radius 3 is 2.25 bits per heavy atom. The van der Waals surface area contributed by atoms with E-state index in [9.17, 15) is 14.4 Å². The second-order valence-electron chi connectivity index (χ2n) is 9.77. The Kier molecular flexibility index (Phi) is 7.17. The van der Waals surface area contributed by atoms with Crippen LogP contribution in [0.25, 0.3) is 0 Å². The van der Waals surface area contributed by atoms with E-state index < -0.39 is 5.91 Å². The molecule has 4 rings (SSSR count). The number of piperazine rings is 1. The van der Waals surface area contributed by atoms with Crippen molar-refractivity contribution in [2.24, 2.45) is 17.6 Å². The third-order valence-corrected chi connectivity index (χ3v) is 8.04. The molecular formula is C23H35N5O3S. The van der Waals surface area contributed by atoms with Crippen LogP contribution < -0.4 is 11.1 Å². The predicted octanol–water partition coefficient (Wildman–Crippen LogP) is 1.40. The fourth-order valence-electron chi connectivity index (χ4n) is 5.39. The molecule has 3 heterocycles. The van der Waals surface area contributed by atoms with Gasteiger partial charge in [-0.2, -0.15) is 0 Å². The summed E-state index contributed by atoms with van der Waals surface area (Å²) in [6.07, 6.45) is 4.04. The van der Waals surface area contributed by atoms with Crippen LogP contribution in [0.15, 0.2) is 0 Å². The Hall–Kier alpha value is -1.97. The van der Waals surface area contributed by atoms with E-state index in [2.05, 4.69) is 29.0 Å². The van der Waals surface area contributed by atoms with Crippen molar-refractivity contribution in [3.05, 3.63) is 16.0 Å². The molecular weight excluding hydrogens is 426 g/mol. The van der Waals surface area contributed by atoms with Crippen molar-refractivity contribution in [1.82, 2.24) is 14.7 Å². The normalized spacial score (nSPS) is 24.4. The fourth-order valence-corrected chi connectivity index (χ4v) is 6.70.